The van der Waals surface area contributed by atoms with E-state index < -0.39 is 37.7 Å². The first-order chi connectivity index (χ1) is 20.4. The van der Waals surface area contributed by atoms with Crippen molar-refractivity contribution in [2.75, 3.05) is 0 Å². The summed E-state index contributed by atoms with van der Waals surface area (Å²) in [6, 6.07) is 32.8. The Bertz CT molecular complexity index is 1650. The molecule has 13 heteroatoms. The smallest absolute Gasteiger partial charge is 0.537 e. The summed E-state index contributed by atoms with van der Waals surface area (Å²) in [6.07, 6.45) is 0. The molecule has 7 nitrogen and oxygen atoms in total. The van der Waals surface area contributed by atoms with Crippen molar-refractivity contribution in [3.8, 4) is 0 Å². The van der Waals surface area contributed by atoms with E-state index in [1.807, 2.05) is 67.6 Å². The molecule has 4 rings (SSSR count). The Morgan fingerprint density at radius 1 is 0.674 bits per heavy atom. The SMILES string of the molecule is Cc1ccc(C(C)C)cc1.Cc1ccc(S(=O)(=O)[N-][C@H](c2ccccc2)[C@H](N)c2ccccc2)cc1.O=S(=O)(O)C(F)(F)F.[CH3-].[Ru+3]. The summed E-state index contributed by atoms with van der Waals surface area (Å²) < 4.78 is 87.4. The van der Waals surface area contributed by atoms with Gasteiger partial charge in [-0.3, -0.25) is 4.55 Å². The van der Waals surface area contributed by atoms with Gasteiger partial charge < -0.3 is 17.9 Å². The molecule has 0 saturated carbocycles. The van der Waals surface area contributed by atoms with Crippen LogP contribution in [0.2, 0.25) is 0 Å². The second-order valence-electron chi connectivity index (χ2n) is 10.2. The van der Waals surface area contributed by atoms with Crippen molar-refractivity contribution in [3.05, 3.63) is 149 Å². The van der Waals surface area contributed by atoms with Gasteiger partial charge in [-0.1, -0.05) is 134 Å². The van der Waals surface area contributed by atoms with Gasteiger partial charge >= 0.3 is 35.1 Å². The molecule has 0 amide bonds. The molecule has 2 atom stereocenters. The Hall–Kier alpha value is -2.93. The first-order valence-electron chi connectivity index (χ1n) is 13.4. The molecule has 0 aromatic heterocycles. The molecule has 251 valence electrons. The Morgan fingerprint density at radius 2 is 1.04 bits per heavy atom. The van der Waals surface area contributed by atoms with Crippen LogP contribution in [0.15, 0.2) is 114 Å². The van der Waals surface area contributed by atoms with Crippen molar-refractivity contribution in [3.63, 3.8) is 0 Å². The van der Waals surface area contributed by atoms with Crippen LogP contribution in [0.5, 0.6) is 0 Å². The molecule has 0 aliphatic heterocycles. The third-order valence-corrected chi connectivity index (χ3v) is 8.23. The maximum absolute atomic E-state index is 12.8. The van der Waals surface area contributed by atoms with Crippen LogP contribution < -0.4 is 5.73 Å². The number of alkyl halides is 3. The quantitative estimate of drug-likeness (QED) is 0.0841. The van der Waals surface area contributed by atoms with E-state index in [1.54, 1.807) is 24.3 Å². The van der Waals surface area contributed by atoms with Gasteiger partial charge in [0.2, 0.25) is 0 Å². The van der Waals surface area contributed by atoms with Crippen molar-refractivity contribution < 1.29 is 54.0 Å². The van der Waals surface area contributed by atoms with Crippen molar-refractivity contribution in [1.82, 2.24) is 0 Å². The zero-order chi connectivity index (χ0) is 33.1. The molecule has 1 radical (unpaired) electrons. The van der Waals surface area contributed by atoms with Gasteiger partial charge in [0.15, 0.2) is 0 Å². The Labute approximate surface area is 284 Å². The van der Waals surface area contributed by atoms with E-state index in [2.05, 4.69) is 49.8 Å². The number of sulfonamides is 1. The number of nitrogens with two attached hydrogens (primary N) is 1. The van der Waals surface area contributed by atoms with Crippen molar-refractivity contribution in [2.24, 2.45) is 5.73 Å². The maximum atomic E-state index is 12.8. The number of hydrogen-bond donors (Lipinski definition) is 2. The van der Waals surface area contributed by atoms with Crippen LogP contribution in [-0.2, 0) is 39.6 Å². The summed E-state index contributed by atoms with van der Waals surface area (Å²) in [5, 5.41) is 0. The zero-order valence-electron chi connectivity index (χ0n) is 26.0. The van der Waals surface area contributed by atoms with Gasteiger partial charge in [0, 0.05) is 10.9 Å². The van der Waals surface area contributed by atoms with Crippen LogP contribution in [-0.4, -0.2) is 26.9 Å². The number of halogens is 3. The minimum absolute atomic E-state index is 0. The predicted molar refractivity (Wildman–Crippen MR) is 174 cm³/mol. The minimum atomic E-state index is -5.84. The van der Waals surface area contributed by atoms with Gasteiger partial charge in [-0.15, -0.1) is 0 Å². The van der Waals surface area contributed by atoms with Gasteiger partial charge in [0.25, 0.3) is 0 Å². The number of benzene rings is 4. The molecule has 4 aromatic carbocycles. The second-order valence-corrected chi connectivity index (χ2v) is 13.2. The number of nitrogens with zero attached hydrogens (tertiary/aromatic N) is 1. The Kier molecular flexibility index (Phi) is 17.8. The van der Waals surface area contributed by atoms with Crippen LogP contribution in [0.3, 0.4) is 0 Å². The monoisotopic (exact) mass is 766 g/mol. The van der Waals surface area contributed by atoms with Crippen molar-refractivity contribution in [2.45, 2.75) is 56.1 Å². The van der Waals surface area contributed by atoms with E-state index in [4.69, 9.17) is 18.7 Å². The van der Waals surface area contributed by atoms with Gasteiger partial charge in [-0.05, 0) is 43.0 Å². The molecule has 0 aliphatic rings. The maximum Gasteiger partial charge on any atom is 3.00 e. The van der Waals surface area contributed by atoms with Gasteiger partial charge in [-0.25, -0.2) is 8.42 Å². The fourth-order valence-electron chi connectivity index (χ4n) is 3.71. The third-order valence-electron chi connectivity index (χ3n) is 6.27. The third kappa shape index (κ3) is 13.8. The van der Waals surface area contributed by atoms with Crippen LogP contribution in [0.4, 0.5) is 13.2 Å². The van der Waals surface area contributed by atoms with E-state index >= 15 is 0 Å². The second kappa shape index (κ2) is 19.0. The van der Waals surface area contributed by atoms with E-state index in [1.165, 1.54) is 11.1 Å². The van der Waals surface area contributed by atoms with Crippen molar-refractivity contribution in [1.29, 1.82) is 0 Å². The fourth-order valence-corrected chi connectivity index (χ4v) is 4.87. The zero-order valence-corrected chi connectivity index (χ0v) is 29.4. The molecule has 4 aromatic rings. The number of rotatable bonds is 7. The Balaban J connectivity index is 0.000000838. The van der Waals surface area contributed by atoms with E-state index in [-0.39, 0.29) is 31.8 Å². The van der Waals surface area contributed by atoms with E-state index in [0.29, 0.717) is 5.92 Å². The average molecular weight is 766 g/mol. The number of aryl methyl sites for hydroxylation is 2. The van der Waals surface area contributed by atoms with Gasteiger partial charge in [-0.2, -0.15) is 21.6 Å². The molecular weight excluding hydrogens is 727 g/mol. The molecule has 0 fully saturated rings. The molecule has 0 heterocycles. The van der Waals surface area contributed by atoms with E-state index in [9.17, 15) is 21.6 Å². The molecule has 46 heavy (non-hydrogen) atoms. The van der Waals surface area contributed by atoms with Crippen LogP contribution in [0.1, 0.15) is 59.7 Å². The van der Waals surface area contributed by atoms with Gasteiger partial charge in [0.05, 0.1) is 0 Å². The topological polar surface area (TPSA) is 129 Å². The molecule has 0 unspecified atom stereocenters. The largest absolute Gasteiger partial charge is 3.00 e. The normalized spacial score (nSPS) is 12.6. The summed E-state index contributed by atoms with van der Waals surface area (Å²) in [4.78, 5) is 0.171. The number of hydrogen-bond acceptors (Lipinski definition) is 5. The van der Waals surface area contributed by atoms with Crippen LogP contribution >= 0.6 is 0 Å². The first kappa shape index (κ1) is 43.1. The molecule has 0 spiro atoms. The molecule has 3 N–H and O–H groups in total. The molecule has 0 saturated heterocycles. The Morgan fingerprint density at radius 3 is 1.41 bits per heavy atom. The predicted octanol–water partition coefficient (Wildman–Crippen LogP) is 8.46. The fraction of sp³-hybridized carbons (Fsp3) is 0.242. The summed E-state index contributed by atoms with van der Waals surface area (Å²) in [7, 11) is -9.67. The summed E-state index contributed by atoms with van der Waals surface area (Å²) in [5.74, 6) is 0.653. The first-order valence-corrected chi connectivity index (χ1v) is 16.3. The average Bonchev–Trinajstić information content (AvgIpc) is 2.97. The van der Waals surface area contributed by atoms with E-state index in [0.717, 1.165) is 16.7 Å². The molecule has 0 bridgehead atoms. The van der Waals surface area contributed by atoms with Crippen molar-refractivity contribution >= 4 is 20.1 Å². The van der Waals surface area contributed by atoms with Crippen LogP contribution in [0, 0.1) is 21.3 Å². The summed E-state index contributed by atoms with van der Waals surface area (Å²) in [5.41, 5.74) is 6.24. The van der Waals surface area contributed by atoms with Crippen LogP contribution in [0.25, 0.3) is 4.72 Å². The standard InChI is InChI=1S/C21H21N2O2S.C10H14.CHF3O3S.CH3.Ru/c1-16-12-14-19(15-13-16)26(24,25)23-21(18-10-6-3-7-11-18)20(22)17-8-4-2-5-9-17;1-8(2)10-6-4-9(3)5-7-10;2-1(3,4)8(5,6)7;;/h2-15,20-21H,22H2,1H3;4-8H,1-3H3;(H,5,6,7);1H3;/q-1;;;-1;+3/t20-,21-;;;;/m1..../s1. The molecular formula is C33H39F3N2O5RuS2+. The molecule has 0 aliphatic carbocycles. The van der Waals surface area contributed by atoms with Gasteiger partial charge in [0.1, 0.15) is 10.0 Å². The summed E-state index contributed by atoms with van der Waals surface area (Å²) >= 11 is 0. The minimum Gasteiger partial charge on any atom is -0.537 e. The summed E-state index contributed by atoms with van der Waals surface area (Å²) in [6.45, 7) is 8.45.